The van der Waals surface area contributed by atoms with Crippen molar-refractivity contribution in [1.29, 1.82) is 0 Å². The van der Waals surface area contributed by atoms with Crippen LogP contribution in [0.1, 0.15) is 34.6 Å². The second-order valence-corrected chi connectivity index (χ2v) is 6.76. The predicted molar refractivity (Wildman–Crippen MR) is 106 cm³/mol. The first kappa shape index (κ1) is 18.2. The molecular weight excluding hydrogens is 344 g/mol. The number of carbonyl (C=O) groups excluding carboxylic acids is 1. The van der Waals surface area contributed by atoms with E-state index < -0.39 is 0 Å². The largest absolute Gasteiger partial charge is 0.489 e. The van der Waals surface area contributed by atoms with Crippen molar-refractivity contribution in [2.45, 2.75) is 25.9 Å². The van der Waals surface area contributed by atoms with Gasteiger partial charge in [0, 0.05) is 17.9 Å². The molecule has 0 aliphatic rings. The van der Waals surface area contributed by atoms with Gasteiger partial charge in [0.05, 0.1) is 0 Å². The normalized spacial score (nSPS) is 11.8. The van der Waals surface area contributed by atoms with Crippen LogP contribution in [0.15, 0.2) is 78.9 Å². The summed E-state index contributed by atoms with van der Waals surface area (Å²) in [6.45, 7) is 2.52. The van der Waals surface area contributed by atoms with Gasteiger partial charge in [-0.1, -0.05) is 78.4 Å². The summed E-state index contributed by atoms with van der Waals surface area (Å²) in [4.78, 5) is 11.7. The van der Waals surface area contributed by atoms with E-state index in [9.17, 15) is 4.79 Å². The van der Waals surface area contributed by atoms with Crippen LogP contribution in [0.25, 0.3) is 0 Å². The zero-order valence-electron chi connectivity index (χ0n) is 14.7. The van der Waals surface area contributed by atoms with E-state index in [0.717, 1.165) is 28.0 Å². The SMILES string of the molecule is Cc1ccc(OCc2ccccc2)c(C(CC(=O)Cl)c2ccccc2)c1. The summed E-state index contributed by atoms with van der Waals surface area (Å²) in [5.74, 6) is 0.651. The molecule has 0 bridgehead atoms. The molecule has 0 heterocycles. The fourth-order valence-corrected chi connectivity index (χ4v) is 3.21. The molecule has 0 saturated carbocycles. The second-order valence-electron chi connectivity index (χ2n) is 6.34. The van der Waals surface area contributed by atoms with Crippen molar-refractivity contribution in [3.05, 3.63) is 101 Å². The Bertz CT molecular complexity index is 860. The Morgan fingerprint density at radius 1 is 0.962 bits per heavy atom. The Kier molecular flexibility index (Phi) is 6.08. The Labute approximate surface area is 159 Å². The summed E-state index contributed by atoms with van der Waals surface area (Å²) in [5.41, 5.74) is 4.26. The lowest BCUT2D eigenvalue weighted by Crippen LogP contribution is -2.08. The van der Waals surface area contributed by atoms with Crippen molar-refractivity contribution < 1.29 is 9.53 Å². The molecule has 1 unspecified atom stereocenters. The van der Waals surface area contributed by atoms with Crippen molar-refractivity contribution in [2.24, 2.45) is 0 Å². The summed E-state index contributed by atoms with van der Waals surface area (Å²) < 4.78 is 6.11. The second kappa shape index (κ2) is 8.68. The van der Waals surface area contributed by atoms with Gasteiger partial charge in [0.1, 0.15) is 12.4 Å². The fraction of sp³-hybridized carbons (Fsp3) is 0.174. The number of aryl methyl sites for hydroxylation is 1. The van der Waals surface area contributed by atoms with Gasteiger partial charge in [-0.15, -0.1) is 0 Å². The number of hydrogen-bond donors (Lipinski definition) is 0. The Hall–Kier alpha value is -2.58. The highest BCUT2D eigenvalue weighted by atomic mass is 35.5. The number of rotatable bonds is 7. The van der Waals surface area contributed by atoms with E-state index >= 15 is 0 Å². The Balaban J connectivity index is 1.95. The third kappa shape index (κ3) is 4.74. The quantitative estimate of drug-likeness (QED) is 0.491. The Morgan fingerprint density at radius 3 is 2.27 bits per heavy atom. The van der Waals surface area contributed by atoms with Crippen molar-refractivity contribution in [3.63, 3.8) is 0 Å². The summed E-state index contributed by atoms with van der Waals surface area (Å²) in [6, 6.07) is 26.1. The molecule has 0 N–H and O–H groups in total. The zero-order valence-corrected chi connectivity index (χ0v) is 15.4. The summed E-state index contributed by atoms with van der Waals surface area (Å²) in [6.07, 6.45) is 0.233. The number of carbonyl (C=O) groups is 1. The topological polar surface area (TPSA) is 26.3 Å². The average Bonchev–Trinajstić information content (AvgIpc) is 2.66. The third-order valence-corrected chi connectivity index (χ3v) is 4.50. The summed E-state index contributed by atoms with van der Waals surface area (Å²) in [7, 11) is 0. The molecule has 3 aromatic carbocycles. The monoisotopic (exact) mass is 364 g/mol. The minimum absolute atomic E-state index is 0.133. The van der Waals surface area contributed by atoms with Crippen LogP contribution in [0.5, 0.6) is 5.75 Å². The highest BCUT2D eigenvalue weighted by Gasteiger charge is 2.21. The molecule has 26 heavy (non-hydrogen) atoms. The highest BCUT2D eigenvalue weighted by molar-refractivity contribution is 6.63. The number of halogens is 1. The summed E-state index contributed by atoms with van der Waals surface area (Å²) in [5, 5.41) is -0.352. The smallest absolute Gasteiger partial charge is 0.222 e. The van der Waals surface area contributed by atoms with Crippen LogP contribution < -0.4 is 4.74 Å². The van der Waals surface area contributed by atoms with E-state index in [2.05, 4.69) is 6.07 Å². The number of benzene rings is 3. The van der Waals surface area contributed by atoms with Crippen LogP contribution in [0.3, 0.4) is 0 Å². The Morgan fingerprint density at radius 2 is 1.62 bits per heavy atom. The van der Waals surface area contributed by atoms with Gasteiger partial charge in [0.2, 0.25) is 5.24 Å². The van der Waals surface area contributed by atoms with E-state index in [4.69, 9.17) is 16.3 Å². The molecule has 0 amide bonds. The van der Waals surface area contributed by atoms with E-state index in [0.29, 0.717) is 6.61 Å². The van der Waals surface area contributed by atoms with Crippen LogP contribution in [-0.4, -0.2) is 5.24 Å². The molecular formula is C23H21ClO2. The van der Waals surface area contributed by atoms with Gasteiger partial charge in [0.25, 0.3) is 0 Å². The molecule has 0 saturated heterocycles. The minimum atomic E-state index is -0.352. The van der Waals surface area contributed by atoms with Crippen LogP contribution in [0.2, 0.25) is 0 Å². The molecule has 3 aromatic rings. The first-order chi connectivity index (χ1) is 12.6. The van der Waals surface area contributed by atoms with Crippen molar-refractivity contribution >= 4 is 16.8 Å². The van der Waals surface area contributed by atoms with E-state index in [1.165, 1.54) is 0 Å². The van der Waals surface area contributed by atoms with E-state index in [-0.39, 0.29) is 17.6 Å². The molecule has 2 nitrogen and oxygen atoms in total. The van der Waals surface area contributed by atoms with Crippen molar-refractivity contribution in [3.8, 4) is 5.75 Å². The van der Waals surface area contributed by atoms with Crippen LogP contribution in [0, 0.1) is 6.92 Å². The maximum Gasteiger partial charge on any atom is 0.222 e. The molecule has 0 fully saturated rings. The van der Waals surface area contributed by atoms with E-state index in [1.807, 2.05) is 79.7 Å². The van der Waals surface area contributed by atoms with Gasteiger partial charge < -0.3 is 4.74 Å². The maximum atomic E-state index is 11.7. The van der Waals surface area contributed by atoms with Crippen molar-refractivity contribution in [1.82, 2.24) is 0 Å². The van der Waals surface area contributed by atoms with Crippen LogP contribution >= 0.6 is 11.6 Å². The minimum Gasteiger partial charge on any atom is -0.489 e. The van der Waals surface area contributed by atoms with Crippen LogP contribution in [0.4, 0.5) is 0 Å². The molecule has 0 aliphatic heterocycles. The average molecular weight is 365 g/mol. The molecule has 0 aliphatic carbocycles. The molecule has 0 spiro atoms. The van der Waals surface area contributed by atoms with Gasteiger partial charge in [-0.2, -0.15) is 0 Å². The first-order valence-corrected chi connectivity index (χ1v) is 9.02. The van der Waals surface area contributed by atoms with Gasteiger partial charge in [-0.3, -0.25) is 4.79 Å². The molecule has 3 heteroatoms. The lowest BCUT2D eigenvalue weighted by Gasteiger charge is -2.21. The van der Waals surface area contributed by atoms with Crippen molar-refractivity contribution in [2.75, 3.05) is 0 Å². The fourth-order valence-electron chi connectivity index (χ4n) is 3.06. The zero-order chi connectivity index (χ0) is 18.4. The van der Waals surface area contributed by atoms with Gasteiger partial charge >= 0.3 is 0 Å². The lowest BCUT2D eigenvalue weighted by molar-refractivity contribution is -0.111. The molecule has 132 valence electrons. The molecule has 0 aromatic heterocycles. The van der Waals surface area contributed by atoms with Gasteiger partial charge in [-0.25, -0.2) is 0 Å². The maximum absolute atomic E-state index is 11.7. The molecule has 0 radical (unpaired) electrons. The lowest BCUT2D eigenvalue weighted by atomic mass is 9.87. The summed E-state index contributed by atoms with van der Waals surface area (Å²) >= 11 is 5.76. The first-order valence-electron chi connectivity index (χ1n) is 8.64. The standard InChI is InChI=1S/C23H21ClO2/c1-17-12-13-22(26-16-18-8-4-2-5-9-18)21(14-17)20(15-23(24)25)19-10-6-3-7-11-19/h2-14,20H,15-16H2,1H3. The van der Waals surface area contributed by atoms with Gasteiger partial charge in [0.15, 0.2) is 0 Å². The van der Waals surface area contributed by atoms with Gasteiger partial charge in [-0.05, 0) is 35.7 Å². The number of ether oxygens (including phenoxy) is 1. The van der Waals surface area contributed by atoms with Crippen LogP contribution in [-0.2, 0) is 11.4 Å². The molecule has 1 atom stereocenters. The van der Waals surface area contributed by atoms with E-state index in [1.54, 1.807) is 0 Å². The third-order valence-electron chi connectivity index (χ3n) is 4.34. The predicted octanol–water partition coefficient (Wildman–Crippen LogP) is 5.86. The molecule has 3 rings (SSSR count). The number of hydrogen-bond acceptors (Lipinski definition) is 2. The highest BCUT2D eigenvalue weighted by Crippen LogP contribution is 2.36.